The smallest absolute Gasteiger partial charge is 0.257 e. The van der Waals surface area contributed by atoms with Crippen LogP contribution in [0.5, 0.6) is 5.75 Å². The molecule has 0 saturated carbocycles. The molecule has 2 heterocycles. The fourth-order valence-electron chi connectivity index (χ4n) is 3.41. The molecule has 0 atom stereocenters. The van der Waals surface area contributed by atoms with E-state index in [0.717, 1.165) is 42.5 Å². The fourth-order valence-corrected chi connectivity index (χ4v) is 3.41. The maximum atomic E-state index is 12.9. The van der Waals surface area contributed by atoms with E-state index in [4.69, 9.17) is 4.74 Å². The summed E-state index contributed by atoms with van der Waals surface area (Å²) in [4.78, 5) is 25.2. The number of pyridine rings is 1. The van der Waals surface area contributed by atoms with Gasteiger partial charge >= 0.3 is 0 Å². The highest BCUT2D eigenvalue weighted by Crippen LogP contribution is 2.24. The summed E-state index contributed by atoms with van der Waals surface area (Å²) in [6, 6.07) is 9.47. The van der Waals surface area contributed by atoms with Gasteiger partial charge in [0.05, 0.1) is 7.11 Å². The van der Waals surface area contributed by atoms with Crippen LogP contribution in [0.25, 0.3) is 0 Å². The minimum absolute atomic E-state index is 0.0935. The van der Waals surface area contributed by atoms with Crippen molar-refractivity contribution in [2.24, 2.45) is 0 Å². The lowest BCUT2D eigenvalue weighted by molar-refractivity contribution is 0.0945. The van der Waals surface area contributed by atoms with Crippen molar-refractivity contribution in [3.63, 3.8) is 0 Å². The molecule has 0 aliphatic carbocycles. The summed E-state index contributed by atoms with van der Waals surface area (Å²) in [5.74, 6) is 0.170. The third-order valence-corrected chi connectivity index (χ3v) is 4.66. The molecule has 0 fully saturated rings. The molecule has 1 aliphatic rings. The van der Waals surface area contributed by atoms with Crippen LogP contribution < -0.4 is 15.6 Å². The molecular formula is C20H24N2O3. The number of hydrogen-bond donors (Lipinski definition) is 1. The fraction of sp³-hybridized carbons (Fsp3) is 0.400. The molecular weight excluding hydrogens is 316 g/mol. The normalized spacial score (nSPS) is 13.7. The predicted molar refractivity (Wildman–Crippen MR) is 97.2 cm³/mol. The number of nitrogens with zero attached hydrogens (tertiary/aromatic N) is 1. The van der Waals surface area contributed by atoms with E-state index >= 15 is 0 Å². The Hall–Kier alpha value is -2.56. The summed E-state index contributed by atoms with van der Waals surface area (Å²) in [7, 11) is 1.50. The Bertz CT molecular complexity index is 839. The average molecular weight is 340 g/mol. The number of carbonyl (C=O) groups excluding carboxylic acids is 1. The number of benzene rings is 1. The molecule has 1 amide bonds. The van der Waals surface area contributed by atoms with E-state index in [-0.39, 0.29) is 11.5 Å². The Morgan fingerprint density at radius 3 is 2.84 bits per heavy atom. The second-order valence-electron chi connectivity index (χ2n) is 6.51. The molecule has 132 valence electrons. The molecule has 0 spiro atoms. The highest BCUT2D eigenvalue weighted by atomic mass is 16.5. The van der Waals surface area contributed by atoms with Crippen LogP contribution in [-0.2, 0) is 19.5 Å². The van der Waals surface area contributed by atoms with Crippen LogP contribution in [0.4, 0.5) is 0 Å². The lowest BCUT2D eigenvalue weighted by atomic mass is 10.1. The van der Waals surface area contributed by atoms with Gasteiger partial charge in [-0.05, 0) is 31.7 Å². The molecule has 0 bridgehead atoms. The number of amides is 1. The minimum Gasteiger partial charge on any atom is -0.496 e. The van der Waals surface area contributed by atoms with Gasteiger partial charge in [0, 0.05) is 24.8 Å². The number of ether oxygens (including phenoxy) is 1. The lowest BCUT2D eigenvalue weighted by Gasteiger charge is -2.17. The van der Waals surface area contributed by atoms with Crippen molar-refractivity contribution in [3.8, 4) is 5.75 Å². The summed E-state index contributed by atoms with van der Waals surface area (Å²) in [6.07, 6.45) is 3.72. The van der Waals surface area contributed by atoms with E-state index in [1.807, 2.05) is 31.2 Å². The number of rotatable bonds is 4. The van der Waals surface area contributed by atoms with Gasteiger partial charge in [0.25, 0.3) is 11.5 Å². The number of carbonyl (C=O) groups is 1. The quantitative estimate of drug-likeness (QED) is 0.931. The Morgan fingerprint density at radius 1 is 1.24 bits per heavy atom. The number of aromatic nitrogens is 1. The number of nitrogens with one attached hydrogen (secondary N) is 1. The molecule has 1 aromatic carbocycles. The summed E-state index contributed by atoms with van der Waals surface area (Å²) >= 11 is 0. The number of methoxy groups -OCH3 is 1. The topological polar surface area (TPSA) is 60.3 Å². The van der Waals surface area contributed by atoms with Crippen molar-refractivity contribution in [1.29, 1.82) is 0 Å². The predicted octanol–water partition coefficient (Wildman–Crippen LogP) is 2.82. The van der Waals surface area contributed by atoms with Crippen LogP contribution in [0.15, 0.2) is 35.1 Å². The van der Waals surface area contributed by atoms with Gasteiger partial charge in [0.1, 0.15) is 11.3 Å². The zero-order chi connectivity index (χ0) is 17.8. The maximum absolute atomic E-state index is 12.9. The van der Waals surface area contributed by atoms with E-state index in [0.29, 0.717) is 24.4 Å². The van der Waals surface area contributed by atoms with Crippen molar-refractivity contribution in [2.75, 3.05) is 7.11 Å². The molecule has 1 aromatic heterocycles. The van der Waals surface area contributed by atoms with Gasteiger partial charge in [-0.25, -0.2) is 0 Å². The van der Waals surface area contributed by atoms with E-state index in [1.165, 1.54) is 13.2 Å². The molecule has 1 N–H and O–H groups in total. The van der Waals surface area contributed by atoms with Crippen LogP contribution in [0.1, 0.15) is 46.4 Å². The van der Waals surface area contributed by atoms with Crippen molar-refractivity contribution < 1.29 is 9.53 Å². The Kier molecular flexibility index (Phi) is 5.22. The Balaban J connectivity index is 1.92. The zero-order valence-corrected chi connectivity index (χ0v) is 14.8. The zero-order valence-electron chi connectivity index (χ0n) is 14.8. The van der Waals surface area contributed by atoms with Crippen LogP contribution in [0.2, 0.25) is 0 Å². The maximum Gasteiger partial charge on any atom is 0.257 e. The summed E-state index contributed by atoms with van der Waals surface area (Å²) in [6.45, 7) is 3.14. The molecule has 25 heavy (non-hydrogen) atoms. The van der Waals surface area contributed by atoms with Crippen LogP contribution in [-0.4, -0.2) is 17.6 Å². The van der Waals surface area contributed by atoms with Crippen molar-refractivity contribution >= 4 is 5.91 Å². The monoisotopic (exact) mass is 340 g/mol. The highest BCUT2D eigenvalue weighted by molar-refractivity contribution is 5.98. The standard InChI is InChI=1S/C20H24N2O3/c1-14-7-6-8-15(11-14)13-21-20(24)19-16-9-4-3-5-10-22(16)18(23)12-17(19)25-2/h6-8,11-12H,3-5,9-10,13H2,1-2H3,(H,21,24). The van der Waals surface area contributed by atoms with Crippen LogP contribution in [0.3, 0.4) is 0 Å². The Morgan fingerprint density at radius 2 is 2.08 bits per heavy atom. The molecule has 0 unspecified atom stereocenters. The molecule has 1 aliphatic heterocycles. The van der Waals surface area contributed by atoms with Gasteiger partial charge in [-0.15, -0.1) is 0 Å². The summed E-state index contributed by atoms with van der Waals surface area (Å²) in [5, 5.41) is 2.97. The van der Waals surface area contributed by atoms with Gasteiger partial charge in [0.15, 0.2) is 0 Å². The van der Waals surface area contributed by atoms with E-state index in [2.05, 4.69) is 5.32 Å². The largest absolute Gasteiger partial charge is 0.496 e. The molecule has 5 nitrogen and oxygen atoms in total. The number of hydrogen-bond acceptors (Lipinski definition) is 3. The molecule has 2 aromatic rings. The molecule has 0 radical (unpaired) electrons. The third-order valence-electron chi connectivity index (χ3n) is 4.66. The van der Waals surface area contributed by atoms with Gasteiger partial charge in [-0.1, -0.05) is 36.2 Å². The first kappa shape index (κ1) is 17.3. The van der Waals surface area contributed by atoms with E-state index in [1.54, 1.807) is 4.57 Å². The molecule has 5 heteroatoms. The first-order valence-corrected chi connectivity index (χ1v) is 8.74. The lowest BCUT2D eigenvalue weighted by Crippen LogP contribution is -2.30. The first-order valence-electron chi connectivity index (χ1n) is 8.74. The van der Waals surface area contributed by atoms with Gasteiger partial charge < -0.3 is 14.6 Å². The van der Waals surface area contributed by atoms with E-state index in [9.17, 15) is 9.59 Å². The highest BCUT2D eigenvalue weighted by Gasteiger charge is 2.23. The molecule has 3 rings (SSSR count). The summed E-state index contributed by atoms with van der Waals surface area (Å²) in [5.41, 5.74) is 3.40. The third kappa shape index (κ3) is 3.76. The van der Waals surface area contributed by atoms with Crippen molar-refractivity contribution in [2.45, 2.75) is 45.7 Å². The van der Waals surface area contributed by atoms with Crippen molar-refractivity contribution in [1.82, 2.24) is 9.88 Å². The second kappa shape index (κ2) is 7.55. The van der Waals surface area contributed by atoms with Crippen molar-refractivity contribution in [3.05, 3.63) is 63.1 Å². The summed E-state index contributed by atoms with van der Waals surface area (Å²) < 4.78 is 7.08. The number of fused-ring (bicyclic) bond motifs is 1. The first-order chi connectivity index (χ1) is 12.1. The average Bonchev–Trinajstić information content (AvgIpc) is 2.86. The van der Waals surface area contributed by atoms with E-state index < -0.39 is 0 Å². The van der Waals surface area contributed by atoms with Gasteiger partial charge in [0.2, 0.25) is 0 Å². The number of aryl methyl sites for hydroxylation is 1. The SMILES string of the molecule is COc1cc(=O)n2c(c1C(=O)NCc1cccc(C)c1)CCCCC2. The second-order valence-corrected chi connectivity index (χ2v) is 6.51. The van der Waals surface area contributed by atoms with Gasteiger partial charge in [-0.2, -0.15) is 0 Å². The molecule has 0 saturated heterocycles. The van der Waals surface area contributed by atoms with Crippen LogP contribution >= 0.6 is 0 Å². The minimum atomic E-state index is -0.191. The van der Waals surface area contributed by atoms with Gasteiger partial charge in [-0.3, -0.25) is 9.59 Å². The Labute approximate surface area is 147 Å². The van der Waals surface area contributed by atoms with Crippen LogP contribution in [0, 0.1) is 6.92 Å².